The minimum absolute atomic E-state index is 0.00976. The zero-order chi connectivity index (χ0) is 75.2. The van der Waals surface area contributed by atoms with Gasteiger partial charge in [0, 0.05) is 25.2 Å². The maximum absolute atomic E-state index is 16.3. The van der Waals surface area contributed by atoms with Crippen LogP contribution in [0.15, 0.2) is 63.6 Å². The van der Waals surface area contributed by atoms with E-state index >= 15 is 8.42 Å². The summed E-state index contributed by atoms with van der Waals surface area (Å²) in [6.07, 6.45) is 6.51. The summed E-state index contributed by atoms with van der Waals surface area (Å²) >= 11 is 4.90. The molecule has 100 heavy (non-hydrogen) atoms. The van der Waals surface area contributed by atoms with Gasteiger partial charge in [0.25, 0.3) is 0 Å². The van der Waals surface area contributed by atoms with Crippen molar-refractivity contribution in [3.63, 3.8) is 0 Å². The highest BCUT2D eigenvalue weighted by molar-refractivity contribution is 14.1. The molecule has 6 fully saturated rings. The smallest absolute Gasteiger partial charge is 0.193 e. The first-order valence-electron chi connectivity index (χ1n) is 38.1. The van der Waals surface area contributed by atoms with Gasteiger partial charge in [0.15, 0.2) is 61.3 Å². The topological polar surface area (TPSA) is 145 Å². The van der Waals surface area contributed by atoms with Crippen molar-refractivity contribution >= 4 is 96.6 Å². The van der Waals surface area contributed by atoms with E-state index in [1.54, 1.807) is 12.1 Å². The molecule has 22 heteroatoms. The maximum Gasteiger partial charge on any atom is 0.193 e. The Morgan fingerprint density at radius 3 is 1.76 bits per heavy atom. The van der Waals surface area contributed by atoms with Crippen molar-refractivity contribution in [2.24, 2.45) is 11.8 Å². The lowest BCUT2D eigenvalue weighted by Crippen LogP contribution is -2.72. The highest BCUT2D eigenvalue weighted by atomic mass is 127. The number of hydrogen-bond acceptors (Lipinski definition) is 14. The van der Waals surface area contributed by atoms with Crippen LogP contribution < -0.4 is 0 Å². The molecule has 17 atom stereocenters. The van der Waals surface area contributed by atoms with Gasteiger partial charge < -0.3 is 55.3 Å². The third kappa shape index (κ3) is 21.5. The van der Waals surface area contributed by atoms with E-state index in [1.807, 2.05) is 19.1 Å². The molecule has 7 unspecified atom stereocenters. The Balaban J connectivity index is 1.28. The van der Waals surface area contributed by atoms with Crippen molar-refractivity contribution in [2.75, 3.05) is 19.8 Å². The van der Waals surface area contributed by atoms with Gasteiger partial charge in [-0.3, -0.25) is 0 Å². The Bertz CT molecular complexity index is 3000. The lowest BCUT2D eigenvalue weighted by molar-refractivity contribution is -0.274. The monoisotopic (exact) mass is 1730 g/mol. The van der Waals surface area contributed by atoms with Gasteiger partial charge in [-0.05, 0) is 224 Å². The number of alkyl halides is 1. The fraction of sp³-hybridized carbons (Fsp3) is 0.846. The van der Waals surface area contributed by atoms with Gasteiger partial charge in [-0.25, -0.2) is 8.42 Å². The Morgan fingerprint density at radius 1 is 0.640 bits per heavy atom. The number of aryl methyl sites for hydroxylation is 1. The van der Waals surface area contributed by atoms with Gasteiger partial charge in [0.1, 0.15) is 18.3 Å². The molecule has 0 aromatic heterocycles. The van der Waals surface area contributed by atoms with Crippen LogP contribution in [0.25, 0.3) is 0 Å². The lowest BCUT2D eigenvalue weighted by Gasteiger charge is -2.59. The summed E-state index contributed by atoms with van der Waals surface area (Å²) in [5.74, 6) is -0.246. The van der Waals surface area contributed by atoms with Crippen LogP contribution in [0.2, 0.25) is 90.7 Å². The molecule has 0 N–H and O–H groups in total. The molecule has 6 aliphatic heterocycles. The van der Waals surface area contributed by atoms with E-state index in [0.717, 1.165) is 55.2 Å². The van der Waals surface area contributed by atoms with E-state index in [0.29, 0.717) is 69.7 Å². The maximum atomic E-state index is 16.3. The van der Waals surface area contributed by atoms with Gasteiger partial charge >= 0.3 is 0 Å². The number of benzene rings is 1. The number of ether oxygens (including phenoxy) is 7. The first-order valence-corrected chi connectivity index (χ1v) is 56.6. The van der Waals surface area contributed by atoms with Crippen molar-refractivity contribution in [2.45, 2.75) is 391 Å². The summed E-state index contributed by atoms with van der Waals surface area (Å²) < 4.78 is 120. The molecule has 0 amide bonds. The van der Waals surface area contributed by atoms with Crippen LogP contribution >= 0.6 is 45.2 Å². The van der Waals surface area contributed by atoms with Crippen molar-refractivity contribution < 1.29 is 63.7 Å². The van der Waals surface area contributed by atoms with E-state index in [2.05, 4.69) is 238 Å². The van der Waals surface area contributed by atoms with E-state index < -0.39 is 96.7 Å². The molecule has 0 bridgehead atoms. The van der Waals surface area contributed by atoms with Crippen LogP contribution in [0.5, 0.6) is 0 Å². The second kappa shape index (κ2) is 33.6. The van der Waals surface area contributed by atoms with Crippen LogP contribution in [0.4, 0.5) is 0 Å². The molecule has 6 heterocycles. The second-order valence-electron chi connectivity index (χ2n) is 38.5. The molecular formula is C78H140I2O14SSi5. The minimum Gasteiger partial charge on any atom is -0.414 e. The molecule has 0 spiro atoms. The van der Waals surface area contributed by atoms with Crippen LogP contribution in [-0.2, 0) is 65.1 Å². The van der Waals surface area contributed by atoms with E-state index in [4.69, 9.17) is 61.9 Å². The van der Waals surface area contributed by atoms with E-state index in [-0.39, 0.29) is 86.2 Å². The average Bonchev–Trinajstić information content (AvgIpc) is 0.831. The number of halogens is 2. The summed E-state index contributed by atoms with van der Waals surface area (Å²) in [6, 6.07) is 7.47. The molecule has 0 saturated carbocycles. The Hall–Kier alpha value is 0.454. The van der Waals surface area contributed by atoms with Crippen molar-refractivity contribution in [3.8, 4) is 0 Å². The first kappa shape index (κ1) is 87.7. The Labute approximate surface area is 642 Å². The second-order valence-corrected chi connectivity index (χ2v) is 66.9. The molecule has 6 saturated heterocycles. The molecular weight excluding hydrogens is 1590 g/mol. The zero-order valence-corrected chi connectivity index (χ0v) is 77.5. The summed E-state index contributed by atoms with van der Waals surface area (Å²) in [4.78, 5) is 0.322. The fourth-order valence-corrected chi connectivity index (χ4v) is 24.1. The molecule has 0 radical (unpaired) electrons. The standard InChI is InChI=1S/C78H140I2O14SSi5/c1-52-30-36-61(37-31-52)95(81,82)67(39-33-56-34-40-68-78(80,90-56)72(94-100(28,29)77(17,18)19)71(93-99(26,27)76(14,15)16)70(89-68)64(42-43-79)92-98(24,25)75(11,12)13)62-49-59(48-60(91-97(22,23)74(8,9)10)51-85-96(20,21)73(5,6)7)88-66(62)50-65-55(4)53(2)46-57(87-65)32-38-63-54(3)47-58(86-63)35-41-69-83-44-45-84-69/h30-31,36-37,42-43,53,56-60,62-72H,3-4,32-35,38-41,44-51H2,1-2,5-29H3/b43-42+/t53?,56-,57-,58-,59+,60?,62+,63-,64?,65+,66-,67?,68-,70?,71?,72?,78+/m0/s1. The molecule has 7 rings (SSSR count). The summed E-state index contributed by atoms with van der Waals surface area (Å²) in [5.41, 5.74) is 3.16. The quantitative estimate of drug-likeness (QED) is 0.0325. The molecule has 576 valence electrons. The normalized spacial score (nSPS) is 31.1. The van der Waals surface area contributed by atoms with Crippen LogP contribution in [0.1, 0.15) is 200 Å². The zero-order valence-electron chi connectivity index (χ0n) is 67.4. The Kier molecular flexibility index (Phi) is 29.4. The predicted molar refractivity (Wildman–Crippen MR) is 440 cm³/mol. The molecule has 1 aromatic carbocycles. The molecule has 6 aliphatic rings. The van der Waals surface area contributed by atoms with Crippen molar-refractivity contribution in [3.05, 3.63) is 64.3 Å². The van der Waals surface area contributed by atoms with Gasteiger partial charge in [-0.2, -0.15) is 0 Å². The summed E-state index contributed by atoms with van der Waals surface area (Å²) in [6.45, 7) is 72.8. The summed E-state index contributed by atoms with van der Waals surface area (Å²) in [7, 11) is -16.2. The van der Waals surface area contributed by atoms with E-state index in [9.17, 15) is 0 Å². The molecule has 0 aliphatic carbocycles. The molecule has 1 aromatic rings. The van der Waals surface area contributed by atoms with Crippen molar-refractivity contribution in [1.29, 1.82) is 0 Å². The molecule has 14 nitrogen and oxygen atoms in total. The van der Waals surface area contributed by atoms with Crippen molar-refractivity contribution in [1.82, 2.24) is 0 Å². The number of rotatable bonds is 29. The minimum atomic E-state index is -4.03. The average molecular weight is 1730 g/mol. The first-order chi connectivity index (χ1) is 45.6. The van der Waals surface area contributed by atoms with E-state index in [1.165, 1.54) is 0 Å². The van der Waals surface area contributed by atoms with Gasteiger partial charge in [0.2, 0.25) is 0 Å². The number of sulfone groups is 1. The summed E-state index contributed by atoms with van der Waals surface area (Å²) in [5, 5.41) is -1.27. The van der Waals surface area contributed by atoms with Gasteiger partial charge in [0.05, 0.1) is 91.0 Å². The van der Waals surface area contributed by atoms with Crippen LogP contribution in [0.3, 0.4) is 0 Å². The van der Waals surface area contributed by atoms with Gasteiger partial charge in [-0.1, -0.05) is 164 Å². The van der Waals surface area contributed by atoms with Gasteiger partial charge in [-0.15, -0.1) is 0 Å². The number of hydrogen-bond donors (Lipinski definition) is 0. The highest BCUT2D eigenvalue weighted by Gasteiger charge is 2.64. The van der Waals surface area contributed by atoms with Crippen LogP contribution in [0, 0.1) is 18.8 Å². The predicted octanol–water partition coefficient (Wildman–Crippen LogP) is 21.1. The fourth-order valence-electron chi connectivity index (χ4n) is 13.9. The Morgan fingerprint density at radius 2 is 1.19 bits per heavy atom. The number of fused-ring (bicyclic) bond motifs is 1. The highest BCUT2D eigenvalue weighted by Crippen LogP contribution is 2.55. The third-order valence-corrected chi connectivity index (χ3v) is 52.4. The van der Waals surface area contributed by atoms with Crippen LogP contribution in [-0.4, -0.2) is 164 Å². The lowest BCUT2D eigenvalue weighted by atomic mass is 9.82. The SMILES string of the molecule is C=C1C[C@H](CCC2OCCO2)O[C@H]1CC[C@H]1CC(C)C(=C)[C@@H](C[C@@H]2O[C@H](CC(CO[Si](C)(C)C(C)(C)C)O[Si](C)(C)C(C)(C)C)C[C@H]2C(CC[C@H]2CC[C@@H]3OC(C(/C=C/I)O[Si](C)(C)C(C)(C)C)C(O[Si](C)(C)C(C)(C)C)C(O[Si](C)(C)C(C)(C)C)[C@]3(I)O2)S(=O)(=O)c2ccc(C)cc2)O1. The third-order valence-electron chi connectivity index (χ3n) is 25.7. The largest absolute Gasteiger partial charge is 0.414 e.